The van der Waals surface area contributed by atoms with Crippen molar-refractivity contribution in [3.05, 3.63) is 78.1 Å². The van der Waals surface area contributed by atoms with E-state index >= 15 is 0 Å². The summed E-state index contributed by atoms with van der Waals surface area (Å²) in [5.74, 6) is 1.67. The van der Waals surface area contributed by atoms with Crippen LogP contribution in [0.15, 0.2) is 72.6 Å². The lowest BCUT2D eigenvalue weighted by atomic mass is 9.97. The van der Waals surface area contributed by atoms with Gasteiger partial charge < -0.3 is 25.6 Å². The van der Waals surface area contributed by atoms with Gasteiger partial charge in [-0.05, 0) is 60.5 Å². The Hall–Kier alpha value is -4.53. The van der Waals surface area contributed by atoms with Crippen LogP contribution in [0, 0.1) is 0 Å². The van der Waals surface area contributed by atoms with E-state index < -0.39 is 0 Å². The summed E-state index contributed by atoms with van der Waals surface area (Å²) in [4.78, 5) is 19.1. The summed E-state index contributed by atoms with van der Waals surface area (Å²) in [6, 6.07) is 15.6. The van der Waals surface area contributed by atoms with Crippen LogP contribution < -0.4 is 20.7 Å². The van der Waals surface area contributed by atoms with Crippen LogP contribution in [0.1, 0.15) is 12.0 Å². The summed E-state index contributed by atoms with van der Waals surface area (Å²) in [6.07, 6.45) is 7.49. The summed E-state index contributed by atoms with van der Waals surface area (Å²) < 4.78 is 5.18. The molecule has 9 nitrogen and oxygen atoms in total. The normalized spacial score (nSPS) is 16.8. The van der Waals surface area contributed by atoms with Crippen molar-refractivity contribution in [3.8, 4) is 5.75 Å². The molecule has 0 radical (unpaired) electrons. The van der Waals surface area contributed by atoms with Crippen LogP contribution in [0.3, 0.4) is 0 Å². The van der Waals surface area contributed by atoms with Crippen molar-refractivity contribution in [3.63, 3.8) is 0 Å². The van der Waals surface area contributed by atoms with E-state index in [2.05, 4.69) is 43.3 Å². The number of carbonyl (C=O) groups is 1. The summed E-state index contributed by atoms with van der Waals surface area (Å²) in [7, 11) is 1.62. The Morgan fingerprint density at radius 1 is 1.14 bits per heavy atom. The Balaban J connectivity index is 1.10. The number of benzene rings is 2. The van der Waals surface area contributed by atoms with Crippen molar-refractivity contribution < 1.29 is 9.53 Å². The molecule has 0 bridgehead atoms. The number of hydrogen-bond acceptors (Lipinski definition) is 6. The molecular weight excluding hydrogens is 454 g/mol. The molecule has 182 valence electrons. The highest BCUT2D eigenvalue weighted by Crippen LogP contribution is 2.35. The topological polar surface area (TPSA) is 107 Å². The van der Waals surface area contributed by atoms with Gasteiger partial charge in [0.2, 0.25) is 0 Å². The first kappa shape index (κ1) is 22.0. The second kappa shape index (κ2) is 9.26. The molecule has 0 spiro atoms. The van der Waals surface area contributed by atoms with Crippen molar-refractivity contribution in [2.45, 2.75) is 18.9 Å². The largest absolute Gasteiger partial charge is 0.497 e. The molecule has 0 saturated heterocycles. The molecule has 4 N–H and O–H groups in total. The number of anilines is 4. The monoisotopic (exact) mass is 481 g/mol. The van der Waals surface area contributed by atoms with Gasteiger partial charge in [-0.1, -0.05) is 6.08 Å². The number of ether oxygens (including phenoxy) is 1. The highest BCUT2D eigenvalue weighted by molar-refractivity contribution is 5.89. The minimum atomic E-state index is -0.0964. The predicted molar refractivity (Wildman–Crippen MR) is 141 cm³/mol. The molecule has 9 heteroatoms. The molecule has 0 saturated carbocycles. The van der Waals surface area contributed by atoms with Gasteiger partial charge in [-0.15, -0.1) is 0 Å². The average Bonchev–Trinajstić information content (AvgIpc) is 3.57. The quantitative estimate of drug-likeness (QED) is 0.302. The van der Waals surface area contributed by atoms with Crippen molar-refractivity contribution in [1.82, 2.24) is 20.1 Å². The number of rotatable bonds is 5. The number of pyridine rings is 1. The number of hydrogen-bond donors (Lipinski definition) is 4. The number of amides is 2. The minimum Gasteiger partial charge on any atom is -0.497 e. The van der Waals surface area contributed by atoms with E-state index in [9.17, 15) is 4.79 Å². The average molecular weight is 482 g/mol. The molecule has 2 amide bonds. The first-order valence-electron chi connectivity index (χ1n) is 12.0. The van der Waals surface area contributed by atoms with Gasteiger partial charge >= 0.3 is 6.03 Å². The van der Waals surface area contributed by atoms with Crippen LogP contribution in [-0.4, -0.2) is 52.4 Å². The highest BCUT2D eigenvalue weighted by atomic mass is 16.5. The third kappa shape index (κ3) is 4.31. The SMILES string of the molecule is COc1ccc(NC(=O)N2CC=C(C3Cc4c(Nc5ccc6[nH]ncc6c5)ccnc4N3)CC2)cc1. The summed E-state index contributed by atoms with van der Waals surface area (Å²) in [5, 5.41) is 18.2. The fourth-order valence-electron chi connectivity index (χ4n) is 4.82. The molecule has 2 aliphatic rings. The standard InChI is InChI=1S/C27H27N7O2/c1-36-21-5-2-19(3-6-21)31-27(35)34-12-9-17(10-13-34)25-15-22-24(8-11-28-26(22)32-25)30-20-4-7-23-18(14-20)16-29-33-23/h2-9,11,14,16,25H,10,12-13,15H2,1H3,(H,29,33)(H,31,35)(H2,28,30,32). The number of nitrogens with zero attached hydrogens (tertiary/aromatic N) is 3. The molecular formula is C27H27N7O2. The lowest BCUT2D eigenvalue weighted by Gasteiger charge is -2.29. The molecule has 2 aliphatic heterocycles. The molecule has 1 unspecified atom stereocenters. The van der Waals surface area contributed by atoms with Crippen LogP contribution >= 0.6 is 0 Å². The van der Waals surface area contributed by atoms with E-state index in [1.807, 2.05) is 59.8 Å². The zero-order valence-corrected chi connectivity index (χ0v) is 19.9. The zero-order chi connectivity index (χ0) is 24.5. The Kier molecular flexibility index (Phi) is 5.65. The first-order chi connectivity index (χ1) is 17.7. The van der Waals surface area contributed by atoms with Gasteiger partial charge in [-0.25, -0.2) is 9.78 Å². The fraction of sp³-hybridized carbons (Fsp3) is 0.222. The first-order valence-corrected chi connectivity index (χ1v) is 12.0. The molecule has 4 aromatic rings. The number of fused-ring (bicyclic) bond motifs is 2. The highest BCUT2D eigenvalue weighted by Gasteiger charge is 2.29. The molecule has 1 atom stereocenters. The van der Waals surface area contributed by atoms with Gasteiger partial charge in [0, 0.05) is 53.7 Å². The third-order valence-electron chi connectivity index (χ3n) is 6.81. The van der Waals surface area contributed by atoms with Gasteiger partial charge in [0.1, 0.15) is 11.6 Å². The van der Waals surface area contributed by atoms with Crippen LogP contribution in [0.4, 0.5) is 27.7 Å². The van der Waals surface area contributed by atoms with Crippen LogP contribution in [0.5, 0.6) is 5.75 Å². The minimum absolute atomic E-state index is 0.0964. The third-order valence-corrected chi connectivity index (χ3v) is 6.81. The van der Waals surface area contributed by atoms with Crippen molar-refractivity contribution >= 4 is 39.8 Å². The van der Waals surface area contributed by atoms with Gasteiger partial charge in [0.25, 0.3) is 0 Å². The number of aromatic amines is 1. The fourth-order valence-corrected chi connectivity index (χ4v) is 4.82. The van der Waals surface area contributed by atoms with Crippen LogP contribution in [0.2, 0.25) is 0 Å². The molecule has 2 aromatic heterocycles. The van der Waals surface area contributed by atoms with E-state index in [0.29, 0.717) is 13.1 Å². The number of aromatic nitrogens is 3. The maximum atomic E-state index is 12.7. The van der Waals surface area contributed by atoms with E-state index in [4.69, 9.17) is 4.74 Å². The maximum absolute atomic E-state index is 12.7. The molecule has 4 heterocycles. The summed E-state index contributed by atoms with van der Waals surface area (Å²) in [5.41, 5.74) is 6.31. The second-order valence-electron chi connectivity index (χ2n) is 9.02. The Morgan fingerprint density at radius 3 is 2.81 bits per heavy atom. The molecule has 6 rings (SSSR count). The smallest absolute Gasteiger partial charge is 0.322 e. The molecule has 2 aromatic carbocycles. The summed E-state index contributed by atoms with van der Waals surface area (Å²) >= 11 is 0. The zero-order valence-electron chi connectivity index (χ0n) is 19.9. The number of nitrogens with one attached hydrogen (secondary N) is 4. The van der Waals surface area contributed by atoms with E-state index in [-0.39, 0.29) is 12.1 Å². The number of carbonyl (C=O) groups excluding carboxylic acids is 1. The van der Waals surface area contributed by atoms with Gasteiger partial charge in [0.15, 0.2) is 0 Å². The van der Waals surface area contributed by atoms with Crippen LogP contribution in [-0.2, 0) is 6.42 Å². The van der Waals surface area contributed by atoms with Gasteiger partial charge in [-0.3, -0.25) is 5.10 Å². The van der Waals surface area contributed by atoms with Crippen LogP contribution in [0.25, 0.3) is 10.9 Å². The number of H-pyrrole nitrogens is 1. The number of methoxy groups -OCH3 is 1. The maximum Gasteiger partial charge on any atom is 0.322 e. The molecule has 36 heavy (non-hydrogen) atoms. The summed E-state index contributed by atoms with van der Waals surface area (Å²) in [6.45, 7) is 1.25. The van der Waals surface area contributed by atoms with Crippen molar-refractivity contribution in [1.29, 1.82) is 0 Å². The Bertz CT molecular complexity index is 1440. The molecule has 0 fully saturated rings. The van der Waals surface area contributed by atoms with Gasteiger partial charge in [-0.2, -0.15) is 5.10 Å². The Labute approximate surface area is 208 Å². The lowest BCUT2D eigenvalue weighted by Crippen LogP contribution is -2.39. The van der Waals surface area contributed by atoms with Crippen molar-refractivity contribution in [2.24, 2.45) is 0 Å². The Morgan fingerprint density at radius 2 is 2.00 bits per heavy atom. The van der Waals surface area contributed by atoms with E-state index in [1.54, 1.807) is 7.11 Å². The number of urea groups is 1. The molecule has 0 aliphatic carbocycles. The van der Waals surface area contributed by atoms with Crippen molar-refractivity contribution in [2.75, 3.05) is 36.1 Å². The van der Waals surface area contributed by atoms with E-state index in [0.717, 1.165) is 52.4 Å². The predicted octanol–water partition coefficient (Wildman–Crippen LogP) is 4.91. The lowest BCUT2D eigenvalue weighted by molar-refractivity contribution is 0.215. The second-order valence-corrected chi connectivity index (χ2v) is 9.02. The van der Waals surface area contributed by atoms with E-state index in [1.165, 1.54) is 11.1 Å². The van der Waals surface area contributed by atoms with Gasteiger partial charge in [0.05, 0.1) is 24.9 Å².